The zero-order valence-electron chi connectivity index (χ0n) is 12.5. The van der Waals surface area contributed by atoms with Crippen LogP contribution in [0.3, 0.4) is 0 Å². The standard InChI is InChI=1S/C16H25ClN2O/c1-3-19(4-2)9-10-20-16-8-5-13(11-15(16)17)12-18-14-6-7-14/h5,8,11,14,18H,3-4,6-7,9-10,12H2,1-2H3. The molecule has 3 nitrogen and oxygen atoms in total. The van der Waals surface area contributed by atoms with Crippen molar-refractivity contribution in [3.63, 3.8) is 0 Å². The van der Waals surface area contributed by atoms with E-state index in [2.05, 4.69) is 30.1 Å². The fraction of sp³-hybridized carbons (Fsp3) is 0.625. The molecule has 0 aromatic heterocycles. The van der Waals surface area contributed by atoms with Crippen molar-refractivity contribution >= 4 is 11.6 Å². The van der Waals surface area contributed by atoms with Gasteiger partial charge < -0.3 is 15.0 Å². The number of halogens is 1. The van der Waals surface area contributed by atoms with Crippen LogP contribution in [0, 0.1) is 0 Å². The Morgan fingerprint density at radius 1 is 1.30 bits per heavy atom. The largest absolute Gasteiger partial charge is 0.491 e. The van der Waals surface area contributed by atoms with Crippen LogP contribution in [-0.4, -0.2) is 37.2 Å². The van der Waals surface area contributed by atoms with Crippen LogP contribution < -0.4 is 10.1 Å². The molecule has 0 atom stereocenters. The van der Waals surface area contributed by atoms with Gasteiger partial charge in [-0.15, -0.1) is 0 Å². The first-order valence-corrected chi connectivity index (χ1v) is 7.97. The summed E-state index contributed by atoms with van der Waals surface area (Å²) >= 11 is 6.28. The van der Waals surface area contributed by atoms with Crippen LogP contribution >= 0.6 is 11.6 Å². The Morgan fingerprint density at radius 2 is 2.05 bits per heavy atom. The van der Waals surface area contributed by atoms with Gasteiger partial charge in [0.1, 0.15) is 12.4 Å². The van der Waals surface area contributed by atoms with Crippen molar-refractivity contribution in [1.29, 1.82) is 0 Å². The Morgan fingerprint density at radius 3 is 2.65 bits per heavy atom. The zero-order chi connectivity index (χ0) is 14.4. The highest BCUT2D eigenvalue weighted by molar-refractivity contribution is 6.32. The van der Waals surface area contributed by atoms with Crippen LogP contribution in [0.2, 0.25) is 5.02 Å². The van der Waals surface area contributed by atoms with Gasteiger partial charge in [0.25, 0.3) is 0 Å². The van der Waals surface area contributed by atoms with E-state index in [4.69, 9.17) is 16.3 Å². The monoisotopic (exact) mass is 296 g/mol. The van der Waals surface area contributed by atoms with E-state index in [1.165, 1.54) is 18.4 Å². The van der Waals surface area contributed by atoms with Gasteiger partial charge in [-0.1, -0.05) is 31.5 Å². The van der Waals surface area contributed by atoms with Crippen LogP contribution in [0.1, 0.15) is 32.3 Å². The minimum atomic E-state index is 0.682. The molecule has 4 heteroatoms. The summed E-state index contributed by atoms with van der Waals surface area (Å²) in [4.78, 5) is 2.34. The molecule has 0 amide bonds. The van der Waals surface area contributed by atoms with Crippen LogP contribution in [0.5, 0.6) is 5.75 Å². The highest BCUT2D eigenvalue weighted by Gasteiger charge is 2.20. The van der Waals surface area contributed by atoms with Gasteiger partial charge in [-0.3, -0.25) is 0 Å². The topological polar surface area (TPSA) is 24.5 Å². The molecular formula is C16H25ClN2O. The summed E-state index contributed by atoms with van der Waals surface area (Å²) < 4.78 is 5.77. The van der Waals surface area contributed by atoms with Crippen molar-refractivity contribution in [1.82, 2.24) is 10.2 Å². The van der Waals surface area contributed by atoms with Gasteiger partial charge in [-0.2, -0.15) is 0 Å². The Hall–Kier alpha value is -0.770. The predicted molar refractivity (Wildman–Crippen MR) is 84.6 cm³/mol. The van der Waals surface area contributed by atoms with Gasteiger partial charge in [0.15, 0.2) is 0 Å². The summed E-state index contributed by atoms with van der Waals surface area (Å²) in [5.74, 6) is 0.786. The minimum absolute atomic E-state index is 0.682. The highest BCUT2D eigenvalue weighted by atomic mass is 35.5. The van der Waals surface area contributed by atoms with E-state index < -0.39 is 0 Å². The van der Waals surface area contributed by atoms with Gasteiger partial charge in [-0.05, 0) is 43.6 Å². The summed E-state index contributed by atoms with van der Waals surface area (Å²) in [5, 5.41) is 4.19. The van der Waals surface area contributed by atoms with Gasteiger partial charge in [0.05, 0.1) is 5.02 Å². The number of likely N-dealkylation sites (N-methyl/N-ethyl adjacent to an activating group) is 1. The minimum Gasteiger partial charge on any atom is -0.491 e. The summed E-state index contributed by atoms with van der Waals surface area (Å²) in [5.41, 5.74) is 1.22. The first-order chi connectivity index (χ1) is 9.72. The molecule has 1 aliphatic rings. The smallest absolute Gasteiger partial charge is 0.137 e. The SMILES string of the molecule is CCN(CC)CCOc1ccc(CNC2CC2)cc1Cl. The molecule has 0 saturated heterocycles. The molecule has 112 valence electrons. The number of hydrogen-bond acceptors (Lipinski definition) is 3. The molecule has 0 unspecified atom stereocenters. The lowest BCUT2D eigenvalue weighted by molar-refractivity contribution is 0.223. The van der Waals surface area contributed by atoms with Gasteiger partial charge in [0.2, 0.25) is 0 Å². The Kier molecular flexibility index (Phi) is 6.14. The highest BCUT2D eigenvalue weighted by Crippen LogP contribution is 2.26. The van der Waals surface area contributed by atoms with E-state index in [1.807, 2.05) is 12.1 Å². The van der Waals surface area contributed by atoms with Crippen LogP contribution in [-0.2, 0) is 6.54 Å². The van der Waals surface area contributed by atoms with Crippen LogP contribution in [0.4, 0.5) is 0 Å². The number of hydrogen-bond donors (Lipinski definition) is 1. The van der Waals surface area contributed by atoms with Crippen molar-refractivity contribution in [2.24, 2.45) is 0 Å². The molecule has 1 aromatic carbocycles. The maximum absolute atomic E-state index is 6.28. The lowest BCUT2D eigenvalue weighted by Gasteiger charge is -2.18. The van der Waals surface area contributed by atoms with E-state index in [0.717, 1.165) is 38.0 Å². The normalized spacial score (nSPS) is 14.8. The fourth-order valence-electron chi connectivity index (χ4n) is 2.15. The average Bonchev–Trinajstić information content (AvgIpc) is 3.27. The Balaban J connectivity index is 1.79. The van der Waals surface area contributed by atoms with Crippen molar-refractivity contribution < 1.29 is 4.74 Å². The molecule has 20 heavy (non-hydrogen) atoms. The first-order valence-electron chi connectivity index (χ1n) is 7.59. The maximum Gasteiger partial charge on any atom is 0.137 e. The number of nitrogens with one attached hydrogen (secondary N) is 1. The average molecular weight is 297 g/mol. The molecule has 0 heterocycles. The van der Waals surface area contributed by atoms with Gasteiger partial charge in [0, 0.05) is 19.1 Å². The summed E-state index contributed by atoms with van der Waals surface area (Å²) in [6, 6.07) is 6.80. The van der Waals surface area contributed by atoms with Gasteiger partial charge >= 0.3 is 0 Å². The van der Waals surface area contributed by atoms with Crippen LogP contribution in [0.25, 0.3) is 0 Å². The second-order valence-electron chi connectivity index (χ2n) is 5.30. The third-order valence-corrected chi connectivity index (χ3v) is 4.02. The van der Waals surface area contributed by atoms with E-state index in [1.54, 1.807) is 0 Å². The quantitative estimate of drug-likeness (QED) is 0.756. The fourth-order valence-corrected chi connectivity index (χ4v) is 2.40. The van der Waals surface area contributed by atoms with Crippen LogP contribution in [0.15, 0.2) is 18.2 Å². The van der Waals surface area contributed by atoms with Crippen molar-refractivity contribution in [3.8, 4) is 5.75 Å². The van der Waals surface area contributed by atoms with E-state index in [0.29, 0.717) is 11.6 Å². The zero-order valence-corrected chi connectivity index (χ0v) is 13.2. The van der Waals surface area contributed by atoms with E-state index in [9.17, 15) is 0 Å². The molecular weight excluding hydrogens is 272 g/mol. The first kappa shape index (κ1) is 15.6. The van der Waals surface area contributed by atoms with Gasteiger partial charge in [-0.25, -0.2) is 0 Å². The van der Waals surface area contributed by atoms with E-state index in [-0.39, 0.29) is 0 Å². The molecule has 1 N–H and O–H groups in total. The molecule has 1 fully saturated rings. The number of ether oxygens (including phenoxy) is 1. The summed E-state index contributed by atoms with van der Waals surface area (Å²) in [6.45, 7) is 8.95. The lowest BCUT2D eigenvalue weighted by atomic mass is 10.2. The number of rotatable bonds is 9. The Bertz CT molecular complexity index is 417. The second kappa shape index (κ2) is 7.87. The second-order valence-corrected chi connectivity index (χ2v) is 5.70. The molecule has 2 rings (SSSR count). The van der Waals surface area contributed by atoms with Crippen molar-refractivity contribution in [3.05, 3.63) is 28.8 Å². The molecule has 1 aromatic rings. The lowest BCUT2D eigenvalue weighted by Crippen LogP contribution is -2.27. The molecule has 1 saturated carbocycles. The molecule has 1 aliphatic carbocycles. The Labute approximate surface area is 127 Å². The molecule has 0 bridgehead atoms. The summed E-state index contributed by atoms with van der Waals surface area (Å²) in [7, 11) is 0. The summed E-state index contributed by atoms with van der Waals surface area (Å²) in [6.07, 6.45) is 2.61. The number of nitrogens with zero attached hydrogens (tertiary/aromatic N) is 1. The molecule has 0 aliphatic heterocycles. The molecule has 0 spiro atoms. The predicted octanol–water partition coefficient (Wildman–Crippen LogP) is 3.31. The number of benzene rings is 1. The van der Waals surface area contributed by atoms with Crippen molar-refractivity contribution in [2.45, 2.75) is 39.3 Å². The molecule has 0 radical (unpaired) electrons. The van der Waals surface area contributed by atoms with Crippen molar-refractivity contribution in [2.75, 3.05) is 26.2 Å². The maximum atomic E-state index is 6.28. The third-order valence-electron chi connectivity index (χ3n) is 3.73. The van der Waals surface area contributed by atoms with E-state index >= 15 is 0 Å². The third kappa shape index (κ3) is 4.97.